The molecule has 1 saturated carbocycles. The van der Waals surface area contributed by atoms with Gasteiger partial charge in [-0.15, -0.1) is 11.3 Å². The van der Waals surface area contributed by atoms with Crippen molar-refractivity contribution in [3.05, 3.63) is 51.8 Å². The van der Waals surface area contributed by atoms with E-state index >= 15 is 0 Å². The third-order valence-corrected chi connectivity index (χ3v) is 8.13. The Morgan fingerprint density at radius 1 is 1.19 bits per heavy atom. The first-order valence-electron chi connectivity index (χ1n) is 11.3. The number of benzene rings is 1. The molecule has 1 aliphatic rings. The number of carbonyl (C=O) groups is 1. The minimum atomic E-state index is -0.0904. The Labute approximate surface area is 188 Å². The second kappa shape index (κ2) is 8.99. The monoisotopic (exact) mass is 436 g/mol. The predicted octanol–water partition coefficient (Wildman–Crippen LogP) is 6.23. The number of fused-ring (bicyclic) bond motifs is 1. The molecule has 0 spiro atoms. The van der Waals surface area contributed by atoms with Crippen LogP contribution in [0.25, 0.3) is 21.2 Å². The molecule has 2 unspecified atom stereocenters. The van der Waals surface area contributed by atoms with E-state index in [-0.39, 0.29) is 11.5 Å². The van der Waals surface area contributed by atoms with Gasteiger partial charge in [0.25, 0.3) is 5.56 Å². The number of aryl methyl sites for hydroxylation is 2. The van der Waals surface area contributed by atoms with Crippen LogP contribution in [-0.2, 0) is 18.3 Å². The molecule has 1 fully saturated rings. The third-order valence-electron chi connectivity index (χ3n) is 6.90. The van der Waals surface area contributed by atoms with Crippen molar-refractivity contribution in [3.63, 3.8) is 0 Å². The quantitative estimate of drug-likeness (QED) is 0.515. The number of hydrogen-bond acceptors (Lipinski definition) is 3. The molecule has 3 aromatic rings. The second-order valence-corrected chi connectivity index (χ2v) is 10.4. The number of hydrogen-bond donors (Lipinski definition) is 1. The lowest BCUT2D eigenvalue weighted by Gasteiger charge is -2.34. The summed E-state index contributed by atoms with van der Waals surface area (Å²) in [6.45, 7) is 6.32. The molecule has 31 heavy (non-hydrogen) atoms. The van der Waals surface area contributed by atoms with E-state index in [4.69, 9.17) is 0 Å². The Kier molecular flexibility index (Phi) is 6.33. The van der Waals surface area contributed by atoms with Gasteiger partial charge in [-0.2, -0.15) is 0 Å². The van der Waals surface area contributed by atoms with Crippen LogP contribution in [0.2, 0.25) is 0 Å². The molecule has 1 aromatic carbocycles. The molecular weight excluding hydrogens is 404 g/mol. The highest BCUT2D eigenvalue weighted by Gasteiger charge is 2.27. The zero-order valence-corrected chi connectivity index (χ0v) is 19.7. The van der Waals surface area contributed by atoms with Gasteiger partial charge in [-0.1, -0.05) is 45.2 Å². The highest BCUT2D eigenvalue weighted by atomic mass is 32.1. The zero-order valence-electron chi connectivity index (χ0n) is 18.9. The predicted molar refractivity (Wildman–Crippen MR) is 131 cm³/mol. The summed E-state index contributed by atoms with van der Waals surface area (Å²) < 4.78 is 2.72. The average Bonchev–Trinajstić information content (AvgIpc) is 3.14. The average molecular weight is 437 g/mol. The van der Waals surface area contributed by atoms with E-state index in [0.29, 0.717) is 0 Å². The zero-order chi connectivity index (χ0) is 22.1. The van der Waals surface area contributed by atoms with E-state index in [1.807, 2.05) is 37.5 Å². The van der Waals surface area contributed by atoms with Crippen molar-refractivity contribution < 1.29 is 4.79 Å². The molecular formula is C26H32N2O2S. The summed E-state index contributed by atoms with van der Waals surface area (Å²) in [5.41, 5.74) is 2.87. The fraction of sp³-hybridized carbons (Fsp3) is 0.462. The van der Waals surface area contributed by atoms with E-state index in [0.717, 1.165) is 51.1 Å². The van der Waals surface area contributed by atoms with Crippen LogP contribution in [0.3, 0.4) is 0 Å². The molecule has 2 aromatic heterocycles. The molecule has 0 saturated heterocycles. The van der Waals surface area contributed by atoms with Crippen molar-refractivity contribution >= 4 is 33.0 Å². The highest BCUT2D eigenvalue weighted by Crippen LogP contribution is 2.39. The molecule has 0 radical (unpaired) electrons. The minimum Gasteiger partial charge on any atom is -0.326 e. The van der Waals surface area contributed by atoms with Gasteiger partial charge in [0.2, 0.25) is 5.91 Å². The molecule has 2 heterocycles. The van der Waals surface area contributed by atoms with Crippen molar-refractivity contribution in [2.45, 2.75) is 52.9 Å². The summed E-state index contributed by atoms with van der Waals surface area (Å²) in [5.74, 6) is 2.26. The number of anilines is 1. The molecule has 1 N–H and O–H groups in total. The normalized spacial score (nSPS) is 21.4. The van der Waals surface area contributed by atoms with E-state index < -0.39 is 0 Å². The van der Waals surface area contributed by atoms with Gasteiger partial charge in [0, 0.05) is 41.0 Å². The van der Waals surface area contributed by atoms with Crippen molar-refractivity contribution in [1.82, 2.24) is 4.57 Å². The molecule has 0 aliphatic heterocycles. The summed E-state index contributed by atoms with van der Waals surface area (Å²) >= 11 is 1.75. The maximum absolute atomic E-state index is 12.9. The number of nitrogens with zero attached hydrogens (tertiary/aromatic N) is 1. The molecule has 2 atom stereocenters. The summed E-state index contributed by atoms with van der Waals surface area (Å²) in [6.07, 6.45) is 8.20. The smallest absolute Gasteiger partial charge is 0.259 e. The number of amides is 1. The van der Waals surface area contributed by atoms with Crippen molar-refractivity contribution in [3.8, 4) is 11.1 Å². The minimum absolute atomic E-state index is 0.0543. The fourth-order valence-electron chi connectivity index (χ4n) is 5.23. The number of rotatable bonds is 5. The summed E-state index contributed by atoms with van der Waals surface area (Å²) in [5, 5.41) is 3.66. The number of aromatic nitrogens is 1. The summed E-state index contributed by atoms with van der Waals surface area (Å²) in [4.78, 5) is 25.6. The first-order chi connectivity index (χ1) is 14.8. The van der Waals surface area contributed by atoms with E-state index in [1.54, 1.807) is 15.9 Å². The molecule has 4 nitrogen and oxygen atoms in total. The summed E-state index contributed by atoms with van der Waals surface area (Å²) in [6, 6.07) is 9.96. The van der Waals surface area contributed by atoms with Crippen molar-refractivity contribution in [2.24, 2.45) is 24.8 Å². The van der Waals surface area contributed by atoms with Crippen LogP contribution in [0.5, 0.6) is 0 Å². The van der Waals surface area contributed by atoms with Crippen LogP contribution in [0, 0.1) is 17.8 Å². The van der Waals surface area contributed by atoms with Gasteiger partial charge in [0.15, 0.2) is 0 Å². The Hall–Kier alpha value is -2.40. The number of nitrogens with one attached hydrogen (secondary N) is 1. The first kappa shape index (κ1) is 21.8. The topological polar surface area (TPSA) is 51.1 Å². The van der Waals surface area contributed by atoms with E-state index in [1.165, 1.54) is 37.5 Å². The van der Waals surface area contributed by atoms with Crippen LogP contribution < -0.4 is 10.9 Å². The standard InChI is InChI=1S/C26H32N2O2S/c1-16-7-5-8-17(2)22(16)12-11-21-14-23-25(31-21)24(15-28(4)26(23)30)19-9-6-10-20(13-19)27-18(3)29/h6,9-10,13-17,22H,5,7-8,11-12H2,1-4H3,(H,27,29). The van der Waals surface area contributed by atoms with Crippen molar-refractivity contribution in [1.29, 1.82) is 0 Å². The van der Waals surface area contributed by atoms with Gasteiger partial charge in [0.05, 0.1) is 5.39 Å². The molecule has 164 valence electrons. The van der Waals surface area contributed by atoms with E-state index in [2.05, 4.69) is 25.2 Å². The fourth-order valence-corrected chi connectivity index (χ4v) is 6.42. The van der Waals surface area contributed by atoms with Crippen LogP contribution in [0.4, 0.5) is 5.69 Å². The lowest BCUT2D eigenvalue weighted by Crippen LogP contribution is -2.25. The largest absolute Gasteiger partial charge is 0.326 e. The van der Waals surface area contributed by atoms with Crippen molar-refractivity contribution in [2.75, 3.05) is 5.32 Å². The number of thiophene rings is 1. The number of carbonyl (C=O) groups excluding carboxylic acids is 1. The first-order valence-corrected chi connectivity index (χ1v) is 12.1. The third kappa shape index (κ3) is 4.62. The molecule has 1 amide bonds. The van der Waals surface area contributed by atoms with Crippen LogP contribution in [-0.4, -0.2) is 10.5 Å². The van der Waals surface area contributed by atoms with Gasteiger partial charge in [0.1, 0.15) is 0 Å². The molecule has 0 bridgehead atoms. The Balaban J connectivity index is 1.68. The maximum Gasteiger partial charge on any atom is 0.259 e. The molecule has 5 heteroatoms. The summed E-state index contributed by atoms with van der Waals surface area (Å²) in [7, 11) is 1.81. The highest BCUT2D eigenvalue weighted by molar-refractivity contribution is 7.19. The van der Waals surface area contributed by atoms with Crippen LogP contribution in [0.1, 0.15) is 51.3 Å². The second-order valence-electron chi connectivity index (χ2n) is 9.26. The Morgan fingerprint density at radius 3 is 2.65 bits per heavy atom. The van der Waals surface area contributed by atoms with Gasteiger partial charge in [-0.3, -0.25) is 9.59 Å². The van der Waals surface area contributed by atoms with Gasteiger partial charge in [-0.05, 0) is 54.4 Å². The van der Waals surface area contributed by atoms with Crippen LogP contribution in [0.15, 0.2) is 41.3 Å². The molecule has 1 aliphatic carbocycles. The molecule has 4 rings (SSSR count). The maximum atomic E-state index is 12.9. The van der Waals surface area contributed by atoms with Crippen LogP contribution >= 0.6 is 11.3 Å². The Bertz CT molecular complexity index is 1150. The van der Waals surface area contributed by atoms with Gasteiger partial charge in [-0.25, -0.2) is 0 Å². The van der Waals surface area contributed by atoms with Gasteiger partial charge < -0.3 is 9.88 Å². The lowest BCUT2D eigenvalue weighted by atomic mass is 9.71. The lowest BCUT2D eigenvalue weighted by molar-refractivity contribution is -0.114. The SMILES string of the molecule is CC(=O)Nc1cccc(-c2cn(C)c(=O)c3cc(CCC4C(C)CCCC4C)sc23)c1. The Morgan fingerprint density at radius 2 is 1.94 bits per heavy atom. The van der Waals surface area contributed by atoms with E-state index in [9.17, 15) is 9.59 Å². The number of pyridine rings is 1. The van der Waals surface area contributed by atoms with Gasteiger partial charge >= 0.3 is 0 Å².